The van der Waals surface area contributed by atoms with Crippen molar-refractivity contribution in [3.05, 3.63) is 77.5 Å². The van der Waals surface area contributed by atoms with Crippen molar-refractivity contribution < 1.29 is 9.90 Å². The second-order valence-corrected chi connectivity index (χ2v) is 5.99. The van der Waals surface area contributed by atoms with Crippen LogP contribution in [0.3, 0.4) is 0 Å². The maximum absolute atomic E-state index is 12.2. The summed E-state index contributed by atoms with van der Waals surface area (Å²) in [6, 6.07) is 17.1. The molecule has 0 fully saturated rings. The van der Waals surface area contributed by atoms with Gasteiger partial charge >= 0.3 is 0 Å². The van der Waals surface area contributed by atoms with E-state index in [0.29, 0.717) is 13.0 Å². The number of carbonyl (C=O) groups is 1. The smallest absolute Gasteiger partial charge is 0.226 e. The summed E-state index contributed by atoms with van der Waals surface area (Å²) in [6.45, 7) is 0.600. The maximum Gasteiger partial charge on any atom is 0.226 e. The summed E-state index contributed by atoms with van der Waals surface area (Å²) in [5.41, 5.74) is 3.03. The molecule has 0 saturated heterocycles. The number of aromatic nitrogens is 2. The van der Waals surface area contributed by atoms with Crippen LogP contribution in [0, 0.1) is 0 Å². The highest BCUT2D eigenvalue weighted by Crippen LogP contribution is 2.37. The van der Waals surface area contributed by atoms with Gasteiger partial charge in [-0.05, 0) is 23.3 Å². The van der Waals surface area contributed by atoms with Crippen LogP contribution in [0.2, 0.25) is 0 Å². The third-order valence-corrected chi connectivity index (χ3v) is 4.34. The van der Waals surface area contributed by atoms with Crippen LogP contribution in [0.1, 0.15) is 29.0 Å². The first-order chi connectivity index (χ1) is 11.7. The number of phenolic OH excluding ortho intramolecular Hbond substituents is 1. The lowest BCUT2D eigenvalue weighted by Crippen LogP contribution is -2.25. The van der Waals surface area contributed by atoms with Crippen molar-refractivity contribution in [2.24, 2.45) is 0 Å². The SMILES string of the molecule is O=C1CC(c2cccc(O)c2)c2cnn(Cc3ccccc3)c2N1. The van der Waals surface area contributed by atoms with Gasteiger partial charge in [-0.15, -0.1) is 0 Å². The van der Waals surface area contributed by atoms with E-state index in [2.05, 4.69) is 10.4 Å². The fraction of sp³-hybridized carbons (Fsp3) is 0.158. The predicted octanol–water partition coefficient (Wildman–Crippen LogP) is 3.11. The molecule has 1 aliphatic heterocycles. The summed E-state index contributed by atoms with van der Waals surface area (Å²) in [6.07, 6.45) is 2.17. The minimum absolute atomic E-state index is 0.0364. The average molecular weight is 319 g/mol. The molecule has 1 aliphatic rings. The zero-order valence-electron chi connectivity index (χ0n) is 13.0. The maximum atomic E-state index is 12.2. The molecule has 24 heavy (non-hydrogen) atoms. The van der Waals surface area contributed by atoms with Crippen molar-refractivity contribution in [3.63, 3.8) is 0 Å². The van der Waals surface area contributed by atoms with Gasteiger partial charge < -0.3 is 10.4 Å². The molecule has 1 atom stereocenters. The topological polar surface area (TPSA) is 67.1 Å². The van der Waals surface area contributed by atoms with Gasteiger partial charge in [0, 0.05) is 17.9 Å². The lowest BCUT2D eigenvalue weighted by Gasteiger charge is -2.24. The molecule has 1 amide bonds. The molecule has 1 unspecified atom stereocenters. The number of nitrogens with zero attached hydrogens (tertiary/aromatic N) is 2. The first kappa shape index (κ1) is 14.5. The van der Waals surface area contributed by atoms with Crippen molar-refractivity contribution in [2.45, 2.75) is 18.9 Å². The Balaban J connectivity index is 1.72. The van der Waals surface area contributed by atoms with Crippen molar-refractivity contribution >= 4 is 11.7 Å². The molecule has 1 aromatic heterocycles. The van der Waals surface area contributed by atoms with Gasteiger partial charge in [-0.25, -0.2) is 4.68 Å². The molecule has 0 saturated carbocycles. The molecule has 0 radical (unpaired) electrons. The minimum atomic E-state index is -0.0922. The summed E-state index contributed by atoms with van der Waals surface area (Å²) in [7, 11) is 0. The Kier molecular flexibility index (Phi) is 3.54. The Hall–Kier alpha value is -3.08. The van der Waals surface area contributed by atoms with E-state index >= 15 is 0 Å². The lowest BCUT2D eigenvalue weighted by atomic mass is 9.87. The molecular weight excluding hydrogens is 302 g/mol. The highest BCUT2D eigenvalue weighted by atomic mass is 16.3. The zero-order chi connectivity index (χ0) is 16.5. The van der Waals surface area contributed by atoms with E-state index in [1.54, 1.807) is 18.2 Å². The third-order valence-electron chi connectivity index (χ3n) is 4.34. The van der Waals surface area contributed by atoms with E-state index in [1.807, 2.05) is 47.3 Å². The Morgan fingerprint density at radius 3 is 2.79 bits per heavy atom. The summed E-state index contributed by atoms with van der Waals surface area (Å²) in [4.78, 5) is 12.2. The quantitative estimate of drug-likeness (QED) is 0.779. The van der Waals surface area contributed by atoms with Gasteiger partial charge in [0.25, 0.3) is 0 Å². The van der Waals surface area contributed by atoms with Gasteiger partial charge in [0.05, 0.1) is 12.7 Å². The third kappa shape index (κ3) is 2.65. The molecule has 5 nitrogen and oxygen atoms in total. The second kappa shape index (κ2) is 5.85. The van der Waals surface area contributed by atoms with Crippen LogP contribution < -0.4 is 5.32 Å². The summed E-state index contributed by atoms with van der Waals surface area (Å²) >= 11 is 0. The van der Waals surface area contributed by atoms with Crippen LogP contribution in [0.5, 0.6) is 5.75 Å². The van der Waals surface area contributed by atoms with Gasteiger partial charge in [0.1, 0.15) is 11.6 Å². The number of fused-ring (bicyclic) bond motifs is 1. The summed E-state index contributed by atoms with van der Waals surface area (Å²) in [5, 5.41) is 17.1. The van der Waals surface area contributed by atoms with Gasteiger partial charge in [-0.3, -0.25) is 4.79 Å². The van der Waals surface area contributed by atoms with Gasteiger partial charge in [0.15, 0.2) is 0 Å². The first-order valence-corrected chi connectivity index (χ1v) is 7.89. The van der Waals surface area contributed by atoms with Crippen molar-refractivity contribution in [1.82, 2.24) is 9.78 Å². The Bertz CT molecular complexity index is 887. The van der Waals surface area contributed by atoms with E-state index < -0.39 is 0 Å². The fourth-order valence-electron chi connectivity index (χ4n) is 3.19. The molecule has 5 heteroatoms. The number of rotatable bonds is 3. The standard InChI is InChI=1S/C19H17N3O2/c23-15-8-4-7-14(9-15)16-10-18(24)21-19-17(16)11-20-22(19)12-13-5-2-1-3-6-13/h1-9,11,16,23H,10,12H2,(H,21,24). The van der Waals surface area contributed by atoms with Crippen molar-refractivity contribution in [3.8, 4) is 5.75 Å². The predicted molar refractivity (Wildman–Crippen MR) is 91.0 cm³/mol. The number of aromatic hydroxyl groups is 1. The van der Waals surface area contributed by atoms with Crippen molar-refractivity contribution in [2.75, 3.05) is 5.32 Å². The molecular formula is C19H17N3O2. The number of amides is 1. The van der Waals surface area contributed by atoms with Gasteiger partial charge in [0.2, 0.25) is 5.91 Å². The van der Waals surface area contributed by atoms with E-state index in [-0.39, 0.29) is 17.6 Å². The van der Waals surface area contributed by atoms with Crippen LogP contribution in [0.15, 0.2) is 60.8 Å². The molecule has 4 rings (SSSR count). The number of carbonyl (C=O) groups excluding carboxylic acids is 1. The molecule has 0 bridgehead atoms. The highest BCUT2D eigenvalue weighted by molar-refractivity contribution is 5.94. The highest BCUT2D eigenvalue weighted by Gasteiger charge is 2.30. The number of anilines is 1. The number of hydrogen-bond acceptors (Lipinski definition) is 3. The molecule has 120 valence electrons. The molecule has 2 aromatic carbocycles. The monoisotopic (exact) mass is 319 g/mol. The van der Waals surface area contributed by atoms with E-state index in [0.717, 1.165) is 22.5 Å². The Morgan fingerprint density at radius 1 is 1.17 bits per heavy atom. The Labute approximate surface area is 139 Å². The van der Waals surface area contributed by atoms with E-state index in [1.165, 1.54) is 0 Å². The summed E-state index contributed by atoms with van der Waals surface area (Å²) in [5.74, 6) is 0.816. The van der Waals surface area contributed by atoms with Crippen LogP contribution in [-0.2, 0) is 11.3 Å². The molecule has 3 aromatic rings. The molecule has 0 aliphatic carbocycles. The molecule has 2 heterocycles. The van der Waals surface area contributed by atoms with Crippen LogP contribution in [0.4, 0.5) is 5.82 Å². The van der Waals surface area contributed by atoms with Crippen LogP contribution >= 0.6 is 0 Å². The average Bonchev–Trinajstić information content (AvgIpc) is 2.98. The number of phenols is 1. The summed E-state index contributed by atoms with van der Waals surface area (Å²) < 4.78 is 1.82. The largest absolute Gasteiger partial charge is 0.508 e. The second-order valence-electron chi connectivity index (χ2n) is 5.99. The number of benzene rings is 2. The molecule has 2 N–H and O–H groups in total. The fourth-order valence-corrected chi connectivity index (χ4v) is 3.19. The first-order valence-electron chi connectivity index (χ1n) is 7.89. The van der Waals surface area contributed by atoms with Gasteiger partial charge in [-0.2, -0.15) is 5.10 Å². The molecule has 0 spiro atoms. The number of hydrogen-bond donors (Lipinski definition) is 2. The van der Waals surface area contributed by atoms with Crippen LogP contribution in [-0.4, -0.2) is 20.8 Å². The van der Waals surface area contributed by atoms with Gasteiger partial charge in [-0.1, -0.05) is 42.5 Å². The van der Waals surface area contributed by atoms with E-state index in [4.69, 9.17) is 0 Å². The minimum Gasteiger partial charge on any atom is -0.508 e. The van der Waals surface area contributed by atoms with Crippen LogP contribution in [0.25, 0.3) is 0 Å². The number of nitrogens with one attached hydrogen (secondary N) is 1. The Morgan fingerprint density at radius 2 is 2.00 bits per heavy atom. The van der Waals surface area contributed by atoms with E-state index in [9.17, 15) is 9.90 Å². The normalized spacial score (nSPS) is 16.5. The van der Waals surface area contributed by atoms with Crippen molar-refractivity contribution in [1.29, 1.82) is 0 Å². The lowest BCUT2D eigenvalue weighted by molar-refractivity contribution is -0.116. The zero-order valence-corrected chi connectivity index (χ0v) is 13.0.